The molecule has 0 bridgehead atoms. The lowest BCUT2D eigenvalue weighted by Gasteiger charge is -2.33. The maximum absolute atomic E-state index is 8.59. The van der Waals surface area contributed by atoms with Crippen LogP contribution in [0.5, 0.6) is 0 Å². The lowest BCUT2D eigenvalue weighted by Crippen LogP contribution is -2.42. The largest absolute Gasteiger partial charge is 0.367 e. The van der Waals surface area contributed by atoms with E-state index >= 15 is 0 Å². The second kappa shape index (κ2) is 4.43. The summed E-state index contributed by atoms with van der Waals surface area (Å²) in [6.45, 7) is 2.79. The molecular weight excluding hydrogens is 218 g/mol. The first-order valence-electron chi connectivity index (χ1n) is 6.00. The fourth-order valence-corrected chi connectivity index (χ4v) is 2.58. The van der Waals surface area contributed by atoms with Crippen LogP contribution < -0.4 is 0 Å². The van der Waals surface area contributed by atoms with Crippen molar-refractivity contribution >= 4 is 0 Å². The fraction of sp³-hybridized carbons (Fsp3) is 0.727. The van der Waals surface area contributed by atoms with Crippen LogP contribution in [0.3, 0.4) is 0 Å². The van der Waals surface area contributed by atoms with E-state index in [-0.39, 0.29) is 12.5 Å². The summed E-state index contributed by atoms with van der Waals surface area (Å²) in [5.74, 6) is 1.30. The maximum Gasteiger partial charge on any atom is 0.180 e. The van der Waals surface area contributed by atoms with Gasteiger partial charge in [-0.1, -0.05) is 0 Å². The van der Waals surface area contributed by atoms with Gasteiger partial charge in [-0.15, -0.1) is 0 Å². The highest BCUT2D eigenvalue weighted by atomic mass is 16.5. The predicted molar refractivity (Wildman–Crippen MR) is 59.0 cm³/mol. The number of aromatic nitrogens is 3. The van der Waals surface area contributed by atoms with Crippen molar-refractivity contribution in [1.29, 1.82) is 5.26 Å². The van der Waals surface area contributed by atoms with E-state index in [1.54, 1.807) is 0 Å². The molecule has 1 aromatic rings. The summed E-state index contributed by atoms with van der Waals surface area (Å²) < 4.78 is 5.80. The van der Waals surface area contributed by atoms with E-state index in [9.17, 15) is 0 Å². The zero-order chi connectivity index (χ0) is 11.7. The van der Waals surface area contributed by atoms with E-state index in [2.05, 4.69) is 26.2 Å². The Morgan fingerprint density at radius 3 is 3.41 bits per heavy atom. The summed E-state index contributed by atoms with van der Waals surface area (Å²) in [6, 6.07) is 2.64. The summed E-state index contributed by atoms with van der Waals surface area (Å²) in [6.07, 6.45) is 2.72. The zero-order valence-electron chi connectivity index (χ0n) is 9.59. The summed E-state index contributed by atoms with van der Waals surface area (Å²) in [5, 5.41) is 15.5. The molecule has 0 amide bonds. The van der Waals surface area contributed by atoms with E-state index < -0.39 is 0 Å². The fourth-order valence-electron chi connectivity index (χ4n) is 2.58. The van der Waals surface area contributed by atoms with E-state index in [1.807, 2.05) is 0 Å². The Morgan fingerprint density at radius 1 is 1.59 bits per heavy atom. The van der Waals surface area contributed by atoms with Crippen molar-refractivity contribution in [3.63, 3.8) is 0 Å². The number of nitriles is 1. The molecule has 2 atom stereocenters. The molecule has 6 heteroatoms. The van der Waals surface area contributed by atoms with Gasteiger partial charge < -0.3 is 4.74 Å². The summed E-state index contributed by atoms with van der Waals surface area (Å²) in [4.78, 5) is 6.75. The first kappa shape index (κ1) is 10.7. The van der Waals surface area contributed by atoms with Crippen LogP contribution in [0.4, 0.5) is 0 Å². The monoisotopic (exact) mass is 233 g/mol. The van der Waals surface area contributed by atoms with Crippen LogP contribution in [0.2, 0.25) is 0 Å². The Balaban J connectivity index is 1.69. The van der Waals surface area contributed by atoms with Gasteiger partial charge in [-0.3, -0.25) is 10.00 Å². The topological polar surface area (TPSA) is 77.8 Å². The van der Waals surface area contributed by atoms with Crippen molar-refractivity contribution in [3.8, 4) is 6.07 Å². The molecule has 3 heterocycles. The number of H-pyrrole nitrogens is 1. The minimum atomic E-state index is -0.0481. The molecule has 2 saturated heterocycles. The summed E-state index contributed by atoms with van der Waals surface area (Å²) >= 11 is 0. The van der Waals surface area contributed by atoms with Gasteiger partial charge in [0.15, 0.2) is 5.82 Å². The third-order valence-electron chi connectivity index (χ3n) is 3.47. The highest BCUT2D eigenvalue weighted by molar-refractivity contribution is 5.01. The second-order valence-electron chi connectivity index (χ2n) is 4.59. The summed E-state index contributed by atoms with van der Waals surface area (Å²) in [7, 11) is 0. The van der Waals surface area contributed by atoms with Gasteiger partial charge in [0.2, 0.25) is 0 Å². The van der Waals surface area contributed by atoms with E-state index in [0.717, 1.165) is 19.7 Å². The molecule has 6 nitrogen and oxygen atoms in total. The summed E-state index contributed by atoms with van der Waals surface area (Å²) in [5.41, 5.74) is 0. The highest BCUT2D eigenvalue weighted by Crippen LogP contribution is 2.28. The number of fused-ring (bicyclic) bond motifs is 1. The normalized spacial score (nSPS) is 28.9. The molecule has 1 N–H and O–H groups in total. The molecule has 0 saturated carbocycles. The smallest absolute Gasteiger partial charge is 0.180 e. The Kier molecular flexibility index (Phi) is 2.79. The lowest BCUT2D eigenvalue weighted by atomic mass is 10.2. The molecule has 2 aliphatic rings. The van der Waals surface area contributed by atoms with Gasteiger partial charge in [-0.25, -0.2) is 4.98 Å². The van der Waals surface area contributed by atoms with Crippen molar-refractivity contribution in [2.75, 3.05) is 19.7 Å². The minimum absolute atomic E-state index is 0.0481. The number of hydrogen-bond donors (Lipinski definition) is 1. The number of nitrogens with zero attached hydrogens (tertiary/aromatic N) is 4. The van der Waals surface area contributed by atoms with E-state index in [0.29, 0.717) is 17.7 Å². The van der Waals surface area contributed by atoms with Gasteiger partial charge in [0.1, 0.15) is 11.9 Å². The molecular formula is C11H15N5O. The lowest BCUT2D eigenvalue weighted by molar-refractivity contribution is -0.0540. The van der Waals surface area contributed by atoms with Crippen molar-refractivity contribution in [2.45, 2.75) is 31.4 Å². The van der Waals surface area contributed by atoms with Gasteiger partial charge in [0, 0.05) is 12.6 Å². The van der Waals surface area contributed by atoms with Crippen LogP contribution in [0.15, 0.2) is 0 Å². The van der Waals surface area contributed by atoms with E-state index in [1.165, 1.54) is 12.8 Å². The average Bonchev–Trinajstić information content (AvgIpc) is 2.96. The third-order valence-corrected chi connectivity index (χ3v) is 3.47. The van der Waals surface area contributed by atoms with Crippen LogP contribution >= 0.6 is 0 Å². The molecule has 1 aromatic heterocycles. The molecule has 0 spiro atoms. The zero-order valence-corrected chi connectivity index (χ0v) is 9.59. The molecule has 17 heavy (non-hydrogen) atoms. The number of ether oxygens (including phenoxy) is 1. The Labute approximate surface area is 99.6 Å². The number of morpholine rings is 1. The van der Waals surface area contributed by atoms with Crippen LogP contribution in [-0.4, -0.2) is 45.8 Å². The SMILES string of the molecule is N#CCc1nc(C2CN3CCCC3CO2)n[nH]1. The molecule has 2 unspecified atom stereocenters. The van der Waals surface area contributed by atoms with Crippen LogP contribution in [0, 0.1) is 11.3 Å². The van der Waals surface area contributed by atoms with Gasteiger partial charge in [-0.05, 0) is 19.4 Å². The minimum Gasteiger partial charge on any atom is -0.367 e. The molecule has 0 aliphatic carbocycles. The molecule has 0 aromatic carbocycles. The van der Waals surface area contributed by atoms with Gasteiger partial charge in [-0.2, -0.15) is 10.4 Å². The first-order valence-corrected chi connectivity index (χ1v) is 6.00. The first-order chi connectivity index (χ1) is 8.36. The standard InChI is InChI=1S/C11H15N5O/c12-4-3-10-13-11(15-14-10)9-6-16-5-1-2-8(16)7-17-9/h8-9H,1-3,5-7H2,(H,13,14,15). The van der Waals surface area contributed by atoms with Crippen molar-refractivity contribution in [1.82, 2.24) is 20.1 Å². The number of hydrogen-bond acceptors (Lipinski definition) is 5. The second-order valence-corrected chi connectivity index (χ2v) is 4.59. The van der Waals surface area contributed by atoms with Crippen LogP contribution in [0.25, 0.3) is 0 Å². The van der Waals surface area contributed by atoms with Gasteiger partial charge in [0.25, 0.3) is 0 Å². The Bertz CT molecular complexity index is 437. The number of nitrogens with one attached hydrogen (secondary N) is 1. The molecule has 90 valence electrons. The quantitative estimate of drug-likeness (QED) is 0.800. The molecule has 3 rings (SSSR count). The van der Waals surface area contributed by atoms with Crippen molar-refractivity contribution in [2.24, 2.45) is 0 Å². The Morgan fingerprint density at radius 2 is 2.53 bits per heavy atom. The van der Waals surface area contributed by atoms with Gasteiger partial charge >= 0.3 is 0 Å². The molecule has 2 aliphatic heterocycles. The maximum atomic E-state index is 8.59. The predicted octanol–water partition coefficient (Wildman–Crippen LogP) is 0.406. The van der Waals surface area contributed by atoms with Crippen LogP contribution in [-0.2, 0) is 11.2 Å². The molecule has 0 radical (unpaired) electrons. The Hall–Kier alpha value is -1.45. The number of rotatable bonds is 2. The van der Waals surface area contributed by atoms with Gasteiger partial charge in [0.05, 0.1) is 19.1 Å². The van der Waals surface area contributed by atoms with Crippen molar-refractivity contribution < 1.29 is 4.74 Å². The molecule has 2 fully saturated rings. The highest BCUT2D eigenvalue weighted by Gasteiger charge is 2.34. The van der Waals surface area contributed by atoms with Crippen LogP contribution in [0.1, 0.15) is 30.6 Å². The third kappa shape index (κ3) is 2.04. The van der Waals surface area contributed by atoms with Crippen molar-refractivity contribution in [3.05, 3.63) is 11.6 Å². The average molecular weight is 233 g/mol. The number of aromatic amines is 1. The van der Waals surface area contributed by atoms with E-state index in [4.69, 9.17) is 10.00 Å².